The zero-order chi connectivity index (χ0) is 24.9. The second-order valence-corrected chi connectivity index (χ2v) is 10.7. The summed E-state index contributed by atoms with van der Waals surface area (Å²) in [4.78, 5) is 26.9. The van der Waals surface area contributed by atoms with Crippen LogP contribution < -0.4 is 19.1 Å². The molecule has 0 radical (unpaired) electrons. The Bertz CT molecular complexity index is 1140. The van der Waals surface area contributed by atoms with Crippen molar-refractivity contribution < 1.29 is 27.5 Å². The predicted molar refractivity (Wildman–Crippen MR) is 132 cm³/mol. The number of carbonyl (C=O) groups is 2. The predicted octanol–water partition coefficient (Wildman–Crippen LogP) is 2.89. The van der Waals surface area contributed by atoms with Gasteiger partial charge in [0.05, 0.1) is 11.9 Å². The maximum Gasteiger partial charge on any atom is 0.242 e. The molecular weight excluding hydrogens is 526 g/mol. The molecule has 3 rings (SSSR count). The first-order chi connectivity index (χ1) is 16.1. The molecule has 2 amide bonds. The van der Waals surface area contributed by atoms with Crippen molar-refractivity contribution in [3.63, 3.8) is 0 Å². The van der Waals surface area contributed by atoms with Crippen molar-refractivity contribution in [1.29, 1.82) is 0 Å². The van der Waals surface area contributed by atoms with Gasteiger partial charge in [0.2, 0.25) is 28.6 Å². The maximum absolute atomic E-state index is 13.1. The monoisotopic (exact) mass is 553 g/mol. The van der Waals surface area contributed by atoms with Crippen molar-refractivity contribution in [3.8, 4) is 11.5 Å². The summed E-state index contributed by atoms with van der Waals surface area (Å²) in [7, 11) is -2.07. The van der Waals surface area contributed by atoms with Crippen molar-refractivity contribution in [2.75, 3.05) is 30.9 Å². The molecule has 0 aromatic heterocycles. The van der Waals surface area contributed by atoms with E-state index in [1.165, 1.54) is 16.3 Å². The fourth-order valence-electron chi connectivity index (χ4n) is 3.62. The van der Waals surface area contributed by atoms with Gasteiger partial charge in [-0.15, -0.1) is 0 Å². The van der Waals surface area contributed by atoms with Crippen LogP contribution in [0.15, 0.2) is 46.9 Å². The second kappa shape index (κ2) is 11.1. The third kappa shape index (κ3) is 6.41. The molecule has 1 heterocycles. The summed E-state index contributed by atoms with van der Waals surface area (Å²) >= 11 is 3.39. The van der Waals surface area contributed by atoms with Gasteiger partial charge < -0.3 is 19.7 Å². The number of halogens is 1. The molecule has 0 saturated heterocycles. The standard InChI is InChI=1S/C23H28BrN3O6S/c1-16(23(29)25-2)26(14-17-6-8-18(24)9-7-17)22(28)5-4-12-27(34(3,30)31)19-10-11-20-21(13-19)33-15-32-20/h6-11,13,16H,4-5,12,14-15H2,1-3H3,(H,25,29)/t16-/m0/s1. The summed E-state index contributed by atoms with van der Waals surface area (Å²) in [6, 6.07) is 11.7. The average molecular weight is 554 g/mol. The van der Waals surface area contributed by atoms with Crippen LogP contribution >= 0.6 is 15.9 Å². The van der Waals surface area contributed by atoms with Crippen LogP contribution in [-0.4, -0.2) is 57.8 Å². The van der Waals surface area contributed by atoms with E-state index in [1.807, 2.05) is 24.3 Å². The van der Waals surface area contributed by atoms with Gasteiger partial charge in [-0.1, -0.05) is 28.1 Å². The molecule has 2 aromatic rings. The summed E-state index contributed by atoms with van der Waals surface area (Å²) in [6.45, 7) is 2.12. The molecule has 1 atom stereocenters. The molecule has 0 saturated carbocycles. The van der Waals surface area contributed by atoms with Gasteiger partial charge in [0.15, 0.2) is 11.5 Å². The van der Waals surface area contributed by atoms with Crippen LogP contribution in [0.3, 0.4) is 0 Å². The van der Waals surface area contributed by atoms with Crippen molar-refractivity contribution in [3.05, 3.63) is 52.5 Å². The van der Waals surface area contributed by atoms with Crippen LogP contribution in [0.25, 0.3) is 0 Å². The summed E-state index contributed by atoms with van der Waals surface area (Å²) in [5, 5.41) is 2.58. The molecule has 34 heavy (non-hydrogen) atoms. The zero-order valence-electron chi connectivity index (χ0n) is 19.3. The SMILES string of the molecule is CNC(=O)[C@H](C)N(Cc1ccc(Br)cc1)C(=O)CCCN(c1ccc2c(c1)OCO2)S(C)(=O)=O. The first-order valence-corrected chi connectivity index (χ1v) is 13.4. The van der Waals surface area contributed by atoms with E-state index >= 15 is 0 Å². The third-order valence-electron chi connectivity index (χ3n) is 5.48. The molecule has 1 aliphatic rings. The molecule has 0 fully saturated rings. The molecule has 0 aliphatic carbocycles. The fraction of sp³-hybridized carbons (Fsp3) is 0.391. The molecule has 0 spiro atoms. The Labute approximate surface area is 208 Å². The normalized spacial score (nSPS) is 13.3. The number of anilines is 1. The Morgan fingerprint density at radius 2 is 1.79 bits per heavy atom. The van der Waals surface area contributed by atoms with E-state index in [-0.39, 0.29) is 44.5 Å². The van der Waals surface area contributed by atoms with Gasteiger partial charge in [0.25, 0.3) is 0 Å². The molecule has 2 aromatic carbocycles. The highest BCUT2D eigenvalue weighted by Gasteiger charge is 2.26. The Kier molecular flexibility index (Phi) is 8.42. The summed E-state index contributed by atoms with van der Waals surface area (Å²) in [5.41, 5.74) is 1.31. The minimum atomic E-state index is -3.60. The number of hydrogen-bond acceptors (Lipinski definition) is 6. The second-order valence-electron chi connectivity index (χ2n) is 7.91. The quantitative estimate of drug-likeness (QED) is 0.485. The Morgan fingerprint density at radius 1 is 1.12 bits per heavy atom. The Hall–Kier alpha value is -2.79. The van der Waals surface area contributed by atoms with Crippen molar-refractivity contribution >= 4 is 43.5 Å². The lowest BCUT2D eigenvalue weighted by atomic mass is 10.1. The number of rotatable bonds is 10. The molecule has 0 bridgehead atoms. The fourth-order valence-corrected chi connectivity index (χ4v) is 4.84. The van der Waals surface area contributed by atoms with Gasteiger partial charge >= 0.3 is 0 Å². The number of amides is 2. The number of carbonyl (C=O) groups excluding carboxylic acids is 2. The van der Waals surface area contributed by atoms with Gasteiger partial charge in [-0.2, -0.15) is 0 Å². The lowest BCUT2D eigenvalue weighted by Crippen LogP contribution is -2.46. The van der Waals surface area contributed by atoms with Crippen LogP contribution in [0.2, 0.25) is 0 Å². The smallest absolute Gasteiger partial charge is 0.242 e. The van der Waals surface area contributed by atoms with Gasteiger partial charge in [-0.3, -0.25) is 13.9 Å². The average Bonchev–Trinajstić information content (AvgIpc) is 3.27. The number of nitrogens with zero attached hydrogens (tertiary/aromatic N) is 2. The molecule has 0 unspecified atom stereocenters. The number of sulfonamides is 1. The highest BCUT2D eigenvalue weighted by molar-refractivity contribution is 9.10. The van der Waals surface area contributed by atoms with Crippen molar-refractivity contribution in [2.45, 2.75) is 32.4 Å². The first-order valence-electron chi connectivity index (χ1n) is 10.7. The van der Waals surface area contributed by atoms with E-state index in [4.69, 9.17) is 9.47 Å². The van der Waals surface area contributed by atoms with Crippen LogP contribution in [0, 0.1) is 0 Å². The highest BCUT2D eigenvalue weighted by Crippen LogP contribution is 2.36. The zero-order valence-corrected chi connectivity index (χ0v) is 21.7. The summed E-state index contributed by atoms with van der Waals surface area (Å²) in [5.74, 6) is 0.517. The third-order valence-corrected chi connectivity index (χ3v) is 7.20. The largest absolute Gasteiger partial charge is 0.454 e. The minimum absolute atomic E-state index is 0.0778. The van der Waals surface area contributed by atoms with E-state index in [1.54, 1.807) is 25.1 Å². The van der Waals surface area contributed by atoms with Crippen molar-refractivity contribution in [2.24, 2.45) is 0 Å². The molecule has 184 valence electrons. The van der Waals surface area contributed by atoms with Crippen LogP contribution in [0.4, 0.5) is 5.69 Å². The number of fused-ring (bicyclic) bond motifs is 1. The Balaban J connectivity index is 1.71. The number of likely N-dealkylation sites (N-methyl/N-ethyl adjacent to an activating group) is 1. The lowest BCUT2D eigenvalue weighted by Gasteiger charge is -2.29. The highest BCUT2D eigenvalue weighted by atomic mass is 79.9. The van der Waals surface area contributed by atoms with Crippen LogP contribution in [0.1, 0.15) is 25.3 Å². The van der Waals surface area contributed by atoms with E-state index in [9.17, 15) is 18.0 Å². The minimum Gasteiger partial charge on any atom is -0.454 e. The van der Waals surface area contributed by atoms with E-state index < -0.39 is 16.1 Å². The molecule has 1 aliphatic heterocycles. The first kappa shape index (κ1) is 25.8. The van der Waals surface area contributed by atoms with Crippen molar-refractivity contribution in [1.82, 2.24) is 10.2 Å². The number of ether oxygens (including phenoxy) is 2. The van der Waals surface area contributed by atoms with E-state index in [0.29, 0.717) is 17.2 Å². The topological polar surface area (TPSA) is 105 Å². The maximum atomic E-state index is 13.1. The molecule has 9 nitrogen and oxygen atoms in total. The molecule has 11 heteroatoms. The van der Waals surface area contributed by atoms with Gasteiger partial charge in [0.1, 0.15) is 6.04 Å². The molecule has 1 N–H and O–H groups in total. The lowest BCUT2D eigenvalue weighted by molar-refractivity contribution is -0.140. The van der Waals surface area contributed by atoms with E-state index in [0.717, 1.165) is 16.3 Å². The van der Waals surface area contributed by atoms with E-state index in [2.05, 4.69) is 21.2 Å². The number of benzene rings is 2. The number of nitrogens with one attached hydrogen (secondary N) is 1. The Morgan fingerprint density at radius 3 is 2.44 bits per heavy atom. The van der Waals surface area contributed by atoms with Gasteiger partial charge in [-0.05, 0) is 43.2 Å². The number of hydrogen-bond donors (Lipinski definition) is 1. The molecular formula is C23H28BrN3O6S. The van der Waals surface area contributed by atoms with Gasteiger partial charge in [0, 0.05) is 37.1 Å². The van der Waals surface area contributed by atoms with Crippen LogP contribution in [-0.2, 0) is 26.2 Å². The summed E-state index contributed by atoms with van der Waals surface area (Å²) in [6.07, 6.45) is 1.47. The van der Waals surface area contributed by atoms with Gasteiger partial charge in [-0.25, -0.2) is 8.42 Å². The van der Waals surface area contributed by atoms with Crippen LogP contribution in [0.5, 0.6) is 11.5 Å². The summed E-state index contributed by atoms with van der Waals surface area (Å²) < 4.78 is 37.7.